The van der Waals surface area contributed by atoms with Gasteiger partial charge in [-0.1, -0.05) is 24.3 Å². The van der Waals surface area contributed by atoms with Crippen molar-refractivity contribution in [1.29, 1.82) is 0 Å². The molecule has 76 valence electrons. The van der Waals surface area contributed by atoms with Gasteiger partial charge in [0.1, 0.15) is 6.04 Å². The number of carboxylic acids is 1. The van der Waals surface area contributed by atoms with E-state index in [1.165, 1.54) is 0 Å². The fourth-order valence-corrected chi connectivity index (χ4v) is 1.11. The van der Waals surface area contributed by atoms with Crippen LogP contribution >= 0.6 is 0 Å². The normalized spacial score (nSPS) is 15.7. The van der Waals surface area contributed by atoms with E-state index in [9.17, 15) is 4.79 Å². The smallest absolute Gasteiger partial charge is 0.320 e. The van der Waals surface area contributed by atoms with E-state index < -0.39 is 18.5 Å². The molecule has 1 rings (SSSR count). The number of carbonyl (C=O) groups is 1. The van der Waals surface area contributed by atoms with Crippen LogP contribution in [0.3, 0.4) is 0 Å². The van der Waals surface area contributed by atoms with Gasteiger partial charge in [-0.15, -0.1) is 0 Å². The van der Waals surface area contributed by atoms with Crippen LogP contribution < -0.4 is 11.5 Å². The van der Waals surface area contributed by atoms with E-state index in [0.717, 1.165) is 5.56 Å². The number of nitrogens with two attached hydrogens (primary N) is 2. The van der Waals surface area contributed by atoms with Crippen molar-refractivity contribution in [3.63, 3.8) is 0 Å². The zero-order chi connectivity index (χ0) is 11.4. The molecule has 4 nitrogen and oxygen atoms in total. The number of rotatable bonds is 4. The van der Waals surface area contributed by atoms with Gasteiger partial charge in [0.2, 0.25) is 0 Å². The monoisotopic (exact) mass is 195 g/mol. The van der Waals surface area contributed by atoms with Gasteiger partial charge in [0.25, 0.3) is 0 Å². The number of hydrogen-bond acceptors (Lipinski definition) is 3. The highest BCUT2D eigenvalue weighted by Crippen LogP contribution is 2.05. The quantitative estimate of drug-likeness (QED) is 0.635. The summed E-state index contributed by atoms with van der Waals surface area (Å²) in [5.41, 5.74) is 12.3. The Bertz CT molecular complexity index is 338. The standard InChI is InChI=1S/C10H14N2O2/c11-6-8-3-1-7(2-4-8)5-9(12)10(13)14/h1-4,9H,5-6,11-12H2,(H,13,14)/t9-/m0/s1/i6D/t6?,9-. The van der Waals surface area contributed by atoms with Crippen molar-refractivity contribution in [3.8, 4) is 0 Å². The van der Waals surface area contributed by atoms with Gasteiger partial charge in [0.05, 0.1) is 0 Å². The molecule has 0 saturated heterocycles. The third-order valence-corrected chi connectivity index (χ3v) is 1.94. The maximum absolute atomic E-state index is 10.5. The van der Waals surface area contributed by atoms with Crippen LogP contribution in [-0.4, -0.2) is 17.1 Å². The van der Waals surface area contributed by atoms with Gasteiger partial charge >= 0.3 is 5.97 Å². The van der Waals surface area contributed by atoms with Gasteiger partial charge in [-0.3, -0.25) is 4.79 Å². The average molecular weight is 195 g/mol. The van der Waals surface area contributed by atoms with Crippen LogP contribution in [0.4, 0.5) is 0 Å². The maximum Gasteiger partial charge on any atom is 0.320 e. The summed E-state index contributed by atoms with van der Waals surface area (Å²) < 4.78 is 7.26. The maximum atomic E-state index is 10.5. The minimum Gasteiger partial charge on any atom is -0.480 e. The molecule has 0 aliphatic heterocycles. The zero-order valence-electron chi connectivity index (χ0n) is 8.68. The Labute approximate surface area is 83.9 Å². The van der Waals surface area contributed by atoms with Gasteiger partial charge in [-0.2, -0.15) is 0 Å². The van der Waals surface area contributed by atoms with Crippen molar-refractivity contribution in [2.24, 2.45) is 11.5 Å². The van der Waals surface area contributed by atoms with E-state index in [4.69, 9.17) is 17.9 Å². The molecule has 0 spiro atoms. The second-order valence-corrected chi connectivity index (χ2v) is 3.06. The van der Waals surface area contributed by atoms with Crippen LogP contribution in [0.15, 0.2) is 24.3 Å². The van der Waals surface area contributed by atoms with E-state index >= 15 is 0 Å². The zero-order valence-corrected chi connectivity index (χ0v) is 7.68. The van der Waals surface area contributed by atoms with Gasteiger partial charge < -0.3 is 16.6 Å². The molecule has 0 fully saturated rings. The number of benzene rings is 1. The molecule has 4 heteroatoms. The lowest BCUT2D eigenvalue weighted by Crippen LogP contribution is -2.32. The van der Waals surface area contributed by atoms with Crippen molar-refractivity contribution in [1.82, 2.24) is 0 Å². The van der Waals surface area contributed by atoms with Crippen molar-refractivity contribution >= 4 is 5.97 Å². The largest absolute Gasteiger partial charge is 0.480 e. The number of hydrogen-bond donors (Lipinski definition) is 3. The minimum atomic E-state index is -1.02. The molecule has 0 aliphatic rings. The Morgan fingerprint density at radius 2 is 1.93 bits per heavy atom. The molecule has 0 aliphatic carbocycles. The highest BCUT2D eigenvalue weighted by Gasteiger charge is 2.11. The Morgan fingerprint density at radius 3 is 2.36 bits per heavy atom. The lowest BCUT2D eigenvalue weighted by atomic mass is 10.0. The lowest BCUT2D eigenvalue weighted by Gasteiger charge is -2.06. The molecule has 0 saturated carbocycles. The SMILES string of the molecule is [2H]C(N)c1ccc(C[C@H](N)C(=O)O)cc1. The first kappa shape index (κ1) is 9.18. The van der Waals surface area contributed by atoms with Crippen LogP contribution in [0.5, 0.6) is 0 Å². The Kier molecular flexibility index (Phi) is 3.10. The summed E-state index contributed by atoms with van der Waals surface area (Å²) in [7, 11) is 0. The highest BCUT2D eigenvalue weighted by molar-refractivity contribution is 5.73. The number of carboxylic acid groups (broad SMARTS) is 1. The van der Waals surface area contributed by atoms with Gasteiger partial charge in [-0.05, 0) is 17.5 Å². The Balaban J connectivity index is 2.68. The highest BCUT2D eigenvalue weighted by atomic mass is 16.4. The predicted octanol–water partition coefficient (Wildman–Crippen LogP) is 0.0997. The van der Waals surface area contributed by atoms with Crippen LogP contribution in [0.1, 0.15) is 12.5 Å². The summed E-state index contributed by atoms with van der Waals surface area (Å²) in [5, 5.41) is 8.61. The molecule has 5 N–H and O–H groups in total. The van der Waals surface area contributed by atoms with Gasteiger partial charge in [0.15, 0.2) is 0 Å². The third kappa shape index (κ3) is 2.83. The predicted molar refractivity (Wildman–Crippen MR) is 53.6 cm³/mol. The summed E-state index contributed by atoms with van der Waals surface area (Å²) in [5.74, 6) is -1.02. The van der Waals surface area contributed by atoms with Crippen LogP contribution in [0.25, 0.3) is 0 Å². The minimum absolute atomic E-state index is 0.281. The molecule has 1 aromatic rings. The van der Waals surface area contributed by atoms with Crippen molar-refractivity contribution < 1.29 is 11.3 Å². The molecule has 0 amide bonds. The van der Waals surface area contributed by atoms with Crippen LogP contribution in [0.2, 0.25) is 0 Å². The molecule has 0 aromatic heterocycles. The van der Waals surface area contributed by atoms with Gasteiger partial charge in [-0.25, -0.2) is 0 Å². The van der Waals surface area contributed by atoms with E-state index in [1.54, 1.807) is 24.3 Å². The summed E-state index contributed by atoms with van der Waals surface area (Å²) in [4.78, 5) is 10.5. The molecule has 0 bridgehead atoms. The molecule has 0 radical (unpaired) electrons. The Hall–Kier alpha value is -1.39. The third-order valence-electron chi connectivity index (χ3n) is 1.94. The van der Waals surface area contributed by atoms with Crippen molar-refractivity contribution in [2.75, 3.05) is 0 Å². The van der Waals surface area contributed by atoms with E-state index in [1.807, 2.05) is 0 Å². The molecular formula is C10H14N2O2. The summed E-state index contributed by atoms with van der Waals surface area (Å²) >= 11 is 0. The fraction of sp³-hybridized carbons (Fsp3) is 0.300. The van der Waals surface area contributed by atoms with E-state index in [0.29, 0.717) is 5.56 Å². The number of aliphatic carboxylic acids is 1. The fourth-order valence-electron chi connectivity index (χ4n) is 1.11. The molecule has 1 unspecified atom stereocenters. The molecule has 2 atom stereocenters. The Morgan fingerprint density at radius 1 is 1.43 bits per heavy atom. The van der Waals surface area contributed by atoms with E-state index in [2.05, 4.69) is 0 Å². The first-order chi connectivity index (χ1) is 7.00. The first-order valence-electron chi connectivity index (χ1n) is 4.83. The van der Waals surface area contributed by atoms with Crippen molar-refractivity contribution in [3.05, 3.63) is 35.4 Å². The summed E-state index contributed by atoms with van der Waals surface area (Å²) in [6.45, 7) is -0.757. The average Bonchev–Trinajstić information content (AvgIpc) is 2.18. The van der Waals surface area contributed by atoms with E-state index in [-0.39, 0.29) is 6.42 Å². The molecule has 0 heterocycles. The van der Waals surface area contributed by atoms with Crippen LogP contribution in [0, 0.1) is 0 Å². The van der Waals surface area contributed by atoms with Gasteiger partial charge in [0, 0.05) is 7.89 Å². The summed E-state index contributed by atoms with van der Waals surface area (Å²) in [6, 6.07) is 6.02. The molecule has 1 aromatic carbocycles. The molecular weight excluding hydrogens is 180 g/mol. The lowest BCUT2D eigenvalue weighted by molar-refractivity contribution is -0.138. The van der Waals surface area contributed by atoms with Crippen LogP contribution in [-0.2, 0) is 17.7 Å². The second-order valence-electron chi connectivity index (χ2n) is 3.06. The summed E-state index contributed by atoms with van der Waals surface area (Å²) in [6.07, 6.45) is 0.281. The second kappa shape index (κ2) is 4.74. The topological polar surface area (TPSA) is 89.3 Å². The van der Waals surface area contributed by atoms with Crippen molar-refractivity contribution in [2.45, 2.75) is 19.0 Å². The first-order valence-corrected chi connectivity index (χ1v) is 4.25. The molecule has 14 heavy (non-hydrogen) atoms.